The highest BCUT2D eigenvalue weighted by molar-refractivity contribution is 14.1. The van der Waals surface area contributed by atoms with Gasteiger partial charge in [-0.05, 0) is 66.1 Å². The van der Waals surface area contributed by atoms with Gasteiger partial charge in [0.2, 0.25) is 0 Å². The lowest BCUT2D eigenvalue weighted by Crippen LogP contribution is -2.32. The number of benzene rings is 2. The molecule has 5 nitrogen and oxygen atoms in total. The van der Waals surface area contributed by atoms with E-state index in [2.05, 4.69) is 6.58 Å². The number of hydrogen-bond donors (Lipinski definition) is 0. The van der Waals surface area contributed by atoms with Crippen LogP contribution in [0.5, 0.6) is 0 Å². The van der Waals surface area contributed by atoms with E-state index in [1.807, 2.05) is 22.6 Å². The molecule has 0 radical (unpaired) electrons. The van der Waals surface area contributed by atoms with Crippen LogP contribution in [-0.2, 0) is 11.0 Å². The summed E-state index contributed by atoms with van der Waals surface area (Å²) in [5.74, 6) is -3.38. The molecule has 4 aromatic rings. The Bertz CT molecular complexity index is 1480. The molecule has 0 amide bonds. The van der Waals surface area contributed by atoms with Crippen molar-refractivity contribution in [3.8, 4) is 5.69 Å². The van der Waals surface area contributed by atoms with Gasteiger partial charge in [0.25, 0.3) is 0 Å². The minimum absolute atomic E-state index is 0.126. The molecule has 1 unspecified atom stereocenters. The van der Waals surface area contributed by atoms with E-state index in [9.17, 15) is 17.8 Å². The normalized spacial score (nSPS) is 16.1. The number of aromatic nitrogens is 2. The third-order valence-corrected chi connectivity index (χ3v) is 8.20. The predicted octanol–water partition coefficient (Wildman–Crippen LogP) is 5.18. The number of allylic oxidation sites excluding steroid dienone is 1. The molecular weight excluding hydrogens is 544 g/mol. The van der Waals surface area contributed by atoms with Gasteiger partial charge in [0.05, 0.1) is 22.1 Å². The molecule has 2 aromatic heterocycles. The van der Waals surface area contributed by atoms with Crippen molar-refractivity contribution in [2.75, 3.05) is 0 Å². The maximum atomic E-state index is 15.3. The quantitative estimate of drug-likeness (QED) is 0.251. The zero-order valence-corrected chi connectivity index (χ0v) is 18.8. The van der Waals surface area contributed by atoms with Gasteiger partial charge in [-0.25, -0.2) is 26.1 Å². The Labute approximate surface area is 189 Å². The summed E-state index contributed by atoms with van der Waals surface area (Å²) < 4.78 is 65.2. The lowest BCUT2D eigenvalue weighted by molar-refractivity contribution is 0.520. The Morgan fingerprint density at radius 1 is 1.19 bits per heavy atom. The van der Waals surface area contributed by atoms with Crippen molar-refractivity contribution in [3.05, 3.63) is 74.7 Å². The van der Waals surface area contributed by atoms with Crippen LogP contribution in [0, 0.1) is 21.0 Å². The zero-order valence-electron chi connectivity index (χ0n) is 15.8. The average molecular weight is 558 g/mol. The van der Waals surface area contributed by atoms with Gasteiger partial charge >= 0.3 is 5.69 Å². The first-order valence-corrected chi connectivity index (χ1v) is 11.5. The molecule has 0 spiro atoms. The van der Waals surface area contributed by atoms with Crippen molar-refractivity contribution >= 4 is 55.6 Å². The molecular formula is C21H14F3IN2O3S. The monoisotopic (exact) mass is 558 g/mol. The van der Waals surface area contributed by atoms with Gasteiger partial charge < -0.3 is 4.42 Å². The zero-order chi connectivity index (χ0) is 22.1. The van der Waals surface area contributed by atoms with Crippen LogP contribution in [0.4, 0.5) is 13.2 Å². The SMILES string of the molecule is C=CCC1(S(=O)n2c(=O)n(-c3ccc(I)cc3F)c3c(F)c(F)c4ccoc4c32)CC1. The molecule has 2 aromatic carbocycles. The fourth-order valence-electron chi connectivity index (χ4n) is 3.86. The van der Waals surface area contributed by atoms with Crippen molar-refractivity contribution in [2.45, 2.75) is 24.0 Å². The van der Waals surface area contributed by atoms with Gasteiger partial charge in [0.1, 0.15) is 27.8 Å². The van der Waals surface area contributed by atoms with E-state index >= 15 is 4.39 Å². The first-order chi connectivity index (χ1) is 14.8. The summed E-state index contributed by atoms with van der Waals surface area (Å²) in [6.07, 6.45) is 4.29. The second kappa shape index (κ2) is 7.09. The molecule has 0 bridgehead atoms. The maximum absolute atomic E-state index is 15.3. The van der Waals surface area contributed by atoms with Gasteiger partial charge in [-0.2, -0.15) is 0 Å². The van der Waals surface area contributed by atoms with Gasteiger partial charge in [0.15, 0.2) is 17.2 Å². The van der Waals surface area contributed by atoms with Crippen molar-refractivity contribution in [1.82, 2.24) is 8.54 Å². The van der Waals surface area contributed by atoms with Crippen molar-refractivity contribution in [1.29, 1.82) is 0 Å². The van der Waals surface area contributed by atoms with Gasteiger partial charge in [-0.15, -0.1) is 6.58 Å². The van der Waals surface area contributed by atoms with Crippen molar-refractivity contribution < 1.29 is 21.8 Å². The van der Waals surface area contributed by atoms with Crippen LogP contribution in [0.15, 0.2) is 52.4 Å². The van der Waals surface area contributed by atoms with E-state index in [0.717, 1.165) is 14.8 Å². The summed E-state index contributed by atoms with van der Waals surface area (Å²) in [6.45, 7) is 3.68. The number of halogens is 4. The lowest BCUT2D eigenvalue weighted by atomic mass is 10.2. The molecule has 0 saturated heterocycles. The smallest absolute Gasteiger partial charge is 0.346 e. The van der Waals surface area contributed by atoms with Crippen LogP contribution in [0.25, 0.3) is 27.7 Å². The third kappa shape index (κ3) is 2.87. The van der Waals surface area contributed by atoms with Crippen LogP contribution in [0.1, 0.15) is 19.3 Å². The average Bonchev–Trinajstić information content (AvgIpc) is 3.23. The minimum Gasteiger partial charge on any atom is -0.462 e. The standard InChI is InChI=1S/C21H14F3IN2O3S/c1-2-6-21(7-8-21)31(29)27-18-17(16(24)15(23)12-5-9-30-19(12)18)26(20(27)28)14-4-3-11(25)10-13(14)22/h2-5,9-10H,1,6-8H2. The van der Waals surface area contributed by atoms with Crippen LogP contribution in [0.3, 0.4) is 0 Å². The molecule has 0 N–H and O–H groups in total. The number of fused-ring (bicyclic) bond motifs is 3. The lowest BCUT2D eigenvalue weighted by Gasteiger charge is -2.13. The Morgan fingerprint density at radius 2 is 1.94 bits per heavy atom. The second-order valence-corrected chi connectivity index (χ2v) is 10.4. The second-order valence-electron chi connectivity index (χ2n) is 7.42. The van der Waals surface area contributed by atoms with Crippen LogP contribution in [-0.4, -0.2) is 17.5 Å². The molecule has 0 aliphatic heterocycles. The first-order valence-electron chi connectivity index (χ1n) is 9.31. The fraction of sp³-hybridized carbons (Fsp3) is 0.190. The van der Waals surface area contributed by atoms with Gasteiger partial charge in [-0.1, -0.05) is 6.08 Å². The van der Waals surface area contributed by atoms with Gasteiger partial charge in [0, 0.05) is 3.57 Å². The number of rotatable bonds is 5. The summed E-state index contributed by atoms with van der Waals surface area (Å²) in [4.78, 5) is 13.5. The number of nitrogens with zero attached hydrogens (tertiary/aromatic N) is 2. The summed E-state index contributed by atoms with van der Waals surface area (Å²) in [6, 6.07) is 5.23. The number of furan rings is 1. The number of hydrogen-bond acceptors (Lipinski definition) is 3. The topological polar surface area (TPSA) is 57.1 Å². The molecule has 10 heteroatoms. The Morgan fingerprint density at radius 3 is 2.58 bits per heavy atom. The maximum Gasteiger partial charge on any atom is 0.346 e. The van der Waals surface area contributed by atoms with Crippen molar-refractivity contribution in [3.63, 3.8) is 0 Å². The molecule has 160 valence electrons. The minimum atomic E-state index is -1.95. The fourth-order valence-corrected chi connectivity index (χ4v) is 5.97. The summed E-state index contributed by atoms with van der Waals surface area (Å²) >= 11 is 1.89. The molecule has 5 rings (SSSR count). The van der Waals surface area contributed by atoms with Crippen molar-refractivity contribution in [2.24, 2.45) is 0 Å². The van der Waals surface area contributed by atoms with E-state index in [1.54, 1.807) is 6.08 Å². The molecule has 2 heterocycles. The third-order valence-electron chi connectivity index (χ3n) is 5.54. The Kier molecular flexibility index (Phi) is 4.70. The number of imidazole rings is 1. The highest BCUT2D eigenvalue weighted by Gasteiger charge is 2.50. The summed E-state index contributed by atoms with van der Waals surface area (Å²) in [5.41, 5.74) is -2.03. The largest absolute Gasteiger partial charge is 0.462 e. The highest BCUT2D eigenvalue weighted by atomic mass is 127. The molecule has 31 heavy (non-hydrogen) atoms. The molecule has 1 atom stereocenters. The van der Waals surface area contributed by atoms with E-state index in [4.69, 9.17) is 4.42 Å². The highest BCUT2D eigenvalue weighted by Crippen LogP contribution is 2.46. The molecule has 1 saturated carbocycles. The van der Waals surface area contributed by atoms with Crippen LogP contribution < -0.4 is 5.69 Å². The molecule has 1 aliphatic rings. The summed E-state index contributed by atoms with van der Waals surface area (Å²) in [7, 11) is -1.95. The van der Waals surface area contributed by atoms with Crippen LogP contribution in [0.2, 0.25) is 0 Å². The predicted molar refractivity (Wildman–Crippen MR) is 120 cm³/mol. The Balaban J connectivity index is 1.96. The van der Waals surface area contributed by atoms with E-state index in [0.29, 0.717) is 22.8 Å². The van der Waals surface area contributed by atoms with E-state index in [1.165, 1.54) is 24.3 Å². The van der Waals surface area contributed by atoms with E-state index < -0.39 is 44.4 Å². The molecule has 1 aliphatic carbocycles. The Hall–Kier alpha value is -2.34. The first kappa shape index (κ1) is 20.6. The van der Waals surface area contributed by atoms with E-state index in [-0.39, 0.29) is 22.2 Å². The molecule has 1 fully saturated rings. The summed E-state index contributed by atoms with van der Waals surface area (Å²) in [5, 5.41) is -0.190. The van der Waals surface area contributed by atoms with Gasteiger partial charge in [-0.3, -0.25) is 4.57 Å². The van der Waals surface area contributed by atoms with Crippen LogP contribution >= 0.6 is 22.6 Å².